The second kappa shape index (κ2) is 5.61. The summed E-state index contributed by atoms with van der Waals surface area (Å²) in [6.07, 6.45) is 7.85. The van der Waals surface area contributed by atoms with E-state index in [1.54, 1.807) is 19.1 Å². The van der Waals surface area contributed by atoms with E-state index in [-0.39, 0.29) is 34.2 Å². The Labute approximate surface area is 162 Å². The molecule has 0 aromatic carbocycles. The molecule has 0 aromatic heterocycles. The van der Waals surface area contributed by atoms with Crippen LogP contribution in [0.25, 0.3) is 0 Å². The van der Waals surface area contributed by atoms with Crippen molar-refractivity contribution < 1.29 is 14.4 Å². The topological polar surface area (TPSA) is 51.2 Å². The Morgan fingerprint density at radius 2 is 1.88 bits per heavy atom. The van der Waals surface area contributed by atoms with Crippen LogP contribution in [0, 0.1) is 34.5 Å². The fraction of sp³-hybridized carbons (Fsp3) is 0.667. The molecule has 0 heterocycles. The molecule has 0 amide bonds. The van der Waals surface area contributed by atoms with Gasteiger partial charge in [0, 0.05) is 27.3 Å². The molecule has 134 valence electrons. The Hall–Kier alpha value is -0.780. The molecule has 0 aromatic rings. The molecule has 3 nitrogen and oxygen atoms in total. The van der Waals surface area contributed by atoms with Crippen LogP contribution in [0.2, 0.25) is 0 Å². The van der Waals surface area contributed by atoms with E-state index in [4.69, 9.17) is 0 Å². The predicted molar refractivity (Wildman–Crippen MR) is 104 cm³/mol. The lowest BCUT2D eigenvalue weighted by molar-refractivity contribution is -0.145. The molecule has 0 radical (unpaired) electrons. The number of halogens is 1. The zero-order valence-electron chi connectivity index (χ0n) is 15.1. The number of rotatable bonds is 1. The van der Waals surface area contributed by atoms with Gasteiger partial charge in [-0.25, -0.2) is 0 Å². The second-order valence-corrected chi connectivity index (χ2v) is 10.1. The molecule has 0 aliphatic heterocycles. The Balaban J connectivity index is 1.78. The molecule has 4 aliphatic rings. The standard InChI is InChI=1S/C21H25IO3/c1-11(23)15-6-7-16-14-5-4-12-8-13(24)9-18(22)21(12,3)19(14)17(25)10-20(15,16)2/h8-9,14-16,19H,4-7,10H2,1-3H3/t14-,15+,16-,19+,20+,21+/m0/s1. The average molecular weight is 452 g/mol. The van der Waals surface area contributed by atoms with Crippen molar-refractivity contribution >= 4 is 39.9 Å². The first-order valence-electron chi connectivity index (χ1n) is 9.35. The lowest BCUT2D eigenvalue weighted by Crippen LogP contribution is -2.55. The molecule has 0 unspecified atom stereocenters. The molecule has 25 heavy (non-hydrogen) atoms. The number of carbonyl (C=O) groups is 3. The van der Waals surface area contributed by atoms with Gasteiger partial charge in [-0.2, -0.15) is 0 Å². The third-order valence-electron chi connectivity index (χ3n) is 7.86. The third-order valence-corrected chi connectivity index (χ3v) is 9.30. The number of ketones is 3. The average Bonchev–Trinajstić information content (AvgIpc) is 2.85. The highest BCUT2D eigenvalue weighted by atomic mass is 127. The molecule has 6 atom stereocenters. The van der Waals surface area contributed by atoms with Gasteiger partial charge in [0.2, 0.25) is 0 Å². The Kier molecular flexibility index (Phi) is 3.95. The van der Waals surface area contributed by atoms with Gasteiger partial charge in [-0.15, -0.1) is 0 Å². The van der Waals surface area contributed by atoms with Gasteiger partial charge in [-0.1, -0.05) is 19.4 Å². The minimum Gasteiger partial charge on any atom is -0.300 e. The lowest BCUT2D eigenvalue weighted by atomic mass is 9.47. The summed E-state index contributed by atoms with van der Waals surface area (Å²) in [5.74, 6) is 1.40. The number of hydrogen-bond donors (Lipinski definition) is 0. The van der Waals surface area contributed by atoms with Gasteiger partial charge in [0.25, 0.3) is 0 Å². The molecule has 0 spiro atoms. The zero-order valence-corrected chi connectivity index (χ0v) is 17.3. The van der Waals surface area contributed by atoms with Crippen LogP contribution in [-0.2, 0) is 14.4 Å². The highest BCUT2D eigenvalue weighted by Gasteiger charge is 2.63. The smallest absolute Gasteiger partial charge is 0.179 e. The third kappa shape index (κ3) is 2.25. The molecular formula is C21H25IO3. The molecule has 3 saturated carbocycles. The minimum atomic E-state index is -0.315. The van der Waals surface area contributed by atoms with Crippen LogP contribution in [0.5, 0.6) is 0 Å². The van der Waals surface area contributed by atoms with E-state index in [1.165, 1.54) is 0 Å². The summed E-state index contributed by atoms with van der Waals surface area (Å²) >= 11 is 2.27. The summed E-state index contributed by atoms with van der Waals surface area (Å²) in [5.41, 5.74) is 0.662. The minimum absolute atomic E-state index is 0.0347. The van der Waals surface area contributed by atoms with Crippen molar-refractivity contribution in [1.29, 1.82) is 0 Å². The van der Waals surface area contributed by atoms with Crippen LogP contribution in [-0.4, -0.2) is 17.3 Å². The van der Waals surface area contributed by atoms with E-state index in [0.717, 1.165) is 34.8 Å². The van der Waals surface area contributed by atoms with Gasteiger partial charge < -0.3 is 0 Å². The first-order valence-corrected chi connectivity index (χ1v) is 10.4. The van der Waals surface area contributed by atoms with Crippen molar-refractivity contribution in [2.45, 2.75) is 52.9 Å². The summed E-state index contributed by atoms with van der Waals surface area (Å²) < 4.78 is 1.01. The van der Waals surface area contributed by atoms with Gasteiger partial charge >= 0.3 is 0 Å². The Morgan fingerprint density at radius 1 is 1.16 bits per heavy atom. The molecule has 0 bridgehead atoms. The van der Waals surface area contributed by atoms with Crippen LogP contribution in [0.1, 0.15) is 52.9 Å². The van der Waals surface area contributed by atoms with E-state index in [2.05, 4.69) is 36.4 Å². The van der Waals surface area contributed by atoms with Gasteiger partial charge in [-0.05, 0) is 84.6 Å². The summed E-state index contributed by atoms with van der Waals surface area (Å²) in [5, 5.41) is 0. The fourth-order valence-electron chi connectivity index (χ4n) is 6.76. The molecule has 0 saturated heterocycles. The number of fused-ring (bicyclic) bond motifs is 5. The molecular weight excluding hydrogens is 427 g/mol. The van der Waals surface area contributed by atoms with E-state index >= 15 is 0 Å². The molecule has 3 fully saturated rings. The molecule has 4 aliphatic carbocycles. The lowest BCUT2D eigenvalue weighted by Gasteiger charge is -2.56. The molecule has 4 rings (SSSR count). The van der Waals surface area contributed by atoms with Crippen molar-refractivity contribution in [3.63, 3.8) is 0 Å². The van der Waals surface area contributed by atoms with Gasteiger partial charge in [0.15, 0.2) is 5.78 Å². The van der Waals surface area contributed by atoms with E-state index in [0.29, 0.717) is 24.0 Å². The van der Waals surface area contributed by atoms with E-state index in [1.807, 2.05) is 0 Å². The maximum absolute atomic E-state index is 13.4. The Morgan fingerprint density at radius 3 is 2.56 bits per heavy atom. The van der Waals surface area contributed by atoms with Crippen molar-refractivity contribution in [2.75, 3.05) is 0 Å². The van der Waals surface area contributed by atoms with Crippen molar-refractivity contribution in [3.05, 3.63) is 21.3 Å². The largest absolute Gasteiger partial charge is 0.300 e. The summed E-state index contributed by atoms with van der Waals surface area (Å²) in [6.45, 7) is 6.04. The highest BCUT2D eigenvalue weighted by molar-refractivity contribution is 14.1. The van der Waals surface area contributed by atoms with Crippen LogP contribution >= 0.6 is 22.6 Å². The molecule has 0 N–H and O–H groups in total. The molecule has 4 heteroatoms. The highest BCUT2D eigenvalue weighted by Crippen LogP contribution is 2.66. The van der Waals surface area contributed by atoms with E-state index < -0.39 is 0 Å². The van der Waals surface area contributed by atoms with Crippen molar-refractivity contribution in [2.24, 2.45) is 34.5 Å². The maximum Gasteiger partial charge on any atom is 0.179 e. The van der Waals surface area contributed by atoms with Crippen LogP contribution in [0.15, 0.2) is 21.3 Å². The normalized spacial score (nSPS) is 45.9. The number of allylic oxidation sites excluding steroid dienone is 4. The van der Waals surface area contributed by atoms with Gasteiger partial charge in [0.05, 0.1) is 0 Å². The van der Waals surface area contributed by atoms with E-state index in [9.17, 15) is 14.4 Å². The fourth-order valence-corrected chi connectivity index (χ4v) is 7.75. The zero-order chi connectivity index (χ0) is 18.1. The Bertz CT molecular complexity index is 748. The summed E-state index contributed by atoms with van der Waals surface area (Å²) in [7, 11) is 0. The van der Waals surface area contributed by atoms with Crippen molar-refractivity contribution in [1.82, 2.24) is 0 Å². The van der Waals surface area contributed by atoms with Crippen LogP contribution in [0.4, 0.5) is 0 Å². The SMILES string of the molecule is CC(=O)[C@H]1CC[C@H]2[C@@H]3CCC4=CC(=O)C=C(I)[C@]4(C)[C@H]3C(=O)C[C@]12C. The quantitative estimate of drug-likeness (QED) is 0.553. The maximum atomic E-state index is 13.4. The van der Waals surface area contributed by atoms with Crippen molar-refractivity contribution in [3.8, 4) is 0 Å². The summed E-state index contributed by atoms with van der Waals surface area (Å²) in [6, 6.07) is 0. The monoisotopic (exact) mass is 452 g/mol. The van der Waals surface area contributed by atoms with Crippen LogP contribution < -0.4 is 0 Å². The number of Topliss-reactive ketones (excluding diaryl/α,β-unsaturated/α-hetero) is 2. The first kappa shape index (κ1) is 17.6. The number of hydrogen-bond acceptors (Lipinski definition) is 3. The predicted octanol–water partition coefficient (Wildman–Crippen LogP) is 4.44. The summed E-state index contributed by atoms with van der Waals surface area (Å²) in [4.78, 5) is 37.5. The van der Waals surface area contributed by atoms with Gasteiger partial charge in [0.1, 0.15) is 11.6 Å². The van der Waals surface area contributed by atoms with Crippen LogP contribution in [0.3, 0.4) is 0 Å². The number of carbonyl (C=O) groups excluding carboxylic acids is 3. The first-order chi connectivity index (χ1) is 11.7. The van der Waals surface area contributed by atoms with Gasteiger partial charge in [-0.3, -0.25) is 14.4 Å². The second-order valence-electron chi connectivity index (χ2n) is 8.94.